The summed E-state index contributed by atoms with van der Waals surface area (Å²) in [5.74, 6) is 1.45. The number of rotatable bonds is 6. The Hall–Kier alpha value is -0.610. The van der Waals surface area contributed by atoms with E-state index in [-0.39, 0.29) is 0 Å². The summed E-state index contributed by atoms with van der Waals surface area (Å²) in [7, 11) is 3.17. The first-order chi connectivity index (χ1) is 7.63. The van der Waals surface area contributed by atoms with E-state index in [1.54, 1.807) is 26.4 Å². The van der Waals surface area contributed by atoms with Crippen LogP contribution in [0.5, 0.6) is 11.5 Å². The molecule has 6 heteroatoms. The maximum atomic E-state index is 5.63. The number of hydrogen-bond acceptors (Lipinski definition) is 4. The van der Waals surface area contributed by atoms with Gasteiger partial charge in [0, 0.05) is 13.7 Å². The van der Waals surface area contributed by atoms with E-state index in [1.165, 1.54) is 0 Å². The molecule has 0 spiro atoms. The van der Waals surface area contributed by atoms with Crippen LogP contribution in [0.1, 0.15) is 6.92 Å². The zero-order chi connectivity index (χ0) is 12.0. The average Bonchev–Trinajstić information content (AvgIpc) is 2.30. The van der Waals surface area contributed by atoms with Gasteiger partial charge in [0.25, 0.3) is 0 Å². The Balaban J connectivity index is 2.74. The molecule has 0 saturated carbocycles. The summed E-state index contributed by atoms with van der Waals surface area (Å²) < 4.78 is 15.9. The quantitative estimate of drug-likeness (QED) is 0.797. The molecule has 4 nitrogen and oxygen atoms in total. The molecule has 0 fully saturated rings. The van der Waals surface area contributed by atoms with Gasteiger partial charge < -0.3 is 13.8 Å². The first-order valence-corrected chi connectivity index (χ1v) is 7.52. The summed E-state index contributed by atoms with van der Waals surface area (Å²) in [5, 5.41) is 3.04. The van der Waals surface area contributed by atoms with Crippen LogP contribution in [0.25, 0.3) is 0 Å². The van der Waals surface area contributed by atoms with Gasteiger partial charge in [0.15, 0.2) is 0 Å². The third-order valence-electron chi connectivity index (χ3n) is 1.88. The van der Waals surface area contributed by atoms with Crippen molar-refractivity contribution in [1.82, 2.24) is 5.09 Å². The van der Waals surface area contributed by atoms with Crippen LogP contribution in [-0.4, -0.2) is 20.8 Å². The lowest BCUT2D eigenvalue weighted by Crippen LogP contribution is -2.14. The molecule has 90 valence electrons. The third-order valence-corrected chi connectivity index (χ3v) is 4.57. The second kappa shape index (κ2) is 6.21. The van der Waals surface area contributed by atoms with Crippen molar-refractivity contribution in [2.24, 2.45) is 0 Å². The van der Waals surface area contributed by atoms with Gasteiger partial charge in [0.1, 0.15) is 11.5 Å². The molecule has 1 aromatic rings. The highest BCUT2D eigenvalue weighted by Crippen LogP contribution is 2.43. The van der Waals surface area contributed by atoms with Crippen LogP contribution in [0.3, 0.4) is 0 Å². The van der Waals surface area contributed by atoms with Gasteiger partial charge in [-0.25, -0.2) is 5.09 Å². The lowest BCUT2D eigenvalue weighted by Gasteiger charge is -2.21. The normalized spacial score (nSPS) is 14.2. The Bertz CT molecular complexity index is 369. The SMILES string of the molecule is CCNP(=S)(OC)Oc1ccc(OC)cc1. The van der Waals surface area contributed by atoms with Gasteiger partial charge in [-0.3, -0.25) is 0 Å². The van der Waals surface area contributed by atoms with Gasteiger partial charge in [0.05, 0.1) is 7.11 Å². The maximum Gasteiger partial charge on any atom is 0.312 e. The summed E-state index contributed by atoms with van der Waals surface area (Å²) in [5.41, 5.74) is 0. The van der Waals surface area contributed by atoms with E-state index in [4.69, 9.17) is 25.6 Å². The fraction of sp³-hybridized carbons (Fsp3) is 0.400. The van der Waals surface area contributed by atoms with Gasteiger partial charge in [-0.15, -0.1) is 0 Å². The highest BCUT2D eigenvalue weighted by Gasteiger charge is 2.17. The monoisotopic (exact) mass is 261 g/mol. The molecule has 1 N–H and O–H groups in total. The van der Waals surface area contributed by atoms with E-state index in [9.17, 15) is 0 Å². The zero-order valence-corrected chi connectivity index (χ0v) is 11.3. The minimum Gasteiger partial charge on any atom is -0.497 e. The van der Waals surface area contributed by atoms with Crippen molar-refractivity contribution in [3.63, 3.8) is 0 Å². The van der Waals surface area contributed by atoms with Crippen LogP contribution in [-0.2, 0) is 16.3 Å². The topological polar surface area (TPSA) is 39.7 Å². The lowest BCUT2D eigenvalue weighted by molar-refractivity contribution is 0.380. The number of methoxy groups -OCH3 is 1. The summed E-state index contributed by atoms with van der Waals surface area (Å²) >= 11 is 5.27. The largest absolute Gasteiger partial charge is 0.497 e. The van der Waals surface area contributed by atoms with Crippen LogP contribution in [0.4, 0.5) is 0 Å². The van der Waals surface area contributed by atoms with E-state index < -0.39 is 6.64 Å². The lowest BCUT2D eigenvalue weighted by atomic mass is 10.3. The molecule has 1 atom stereocenters. The van der Waals surface area contributed by atoms with Crippen LogP contribution < -0.4 is 14.3 Å². The number of hydrogen-bond donors (Lipinski definition) is 1. The molecular formula is C10H16NO3PS. The van der Waals surface area contributed by atoms with Gasteiger partial charge >= 0.3 is 6.64 Å². The van der Waals surface area contributed by atoms with E-state index >= 15 is 0 Å². The minimum atomic E-state index is -2.40. The van der Waals surface area contributed by atoms with Crippen molar-refractivity contribution in [2.45, 2.75) is 6.92 Å². The molecule has 0 aromatic heterocycles. The molecule has 0 heterocycles. The summed E-state index contributed by atoms with van der Waals surface area (Å²) in [4.78, 5) is 0. The van der Waals surface area contributed by atoms with E-state index in [1.807, 2.05) is 19.1 Å². The first kappa shape index (κ1) is 13.5. The molecule has 0 bridgehead atoms. The molecular weight excluding hydrogens is 245 g/mol. The van der Waals surface area contributed by atoms with Crippen molar-refractivity contribution in [3.05, 3.63) is 24.3 Å². The zero-order valence-electron chi connectivity index (χ0n) is 9.60. The Morgan fingerprint density at radius 3 is 2.19 bits per heavy atom. The Morgan fingerprint density at radius 2 is 1.75 bits per heavy atom. The summed E-state index contributed by atoms with van der Waals surface area (Å²) in [6, 6.07) is 7.24. The second-order valence-corrected chi connectivity index (χ2v) is 6.26. The van der Waals surface area contributed by atoms with Crippen molar-refractivity contribution in [2.75, 3.05) is 20.8 Å². The molecule has 1 unspecified atom stereocenters. The van der Waals surface area contributed by atoms with Crippen molar-refractivity contribution in [3.8, 4) is 11.5 Å². The van der Waals surface area contributed by atoms with Crippen molar-refractivity contribution < 1.29 is 13.8 Å². The molecule has 16 heavy (non-hydrogen) atoms. The fourth-order valence-electron chi connectivity index (χ4n) is 1.10. The van der Waals surface area contributed by atoms with Crippen LogP contribution >= 0.6 is 6.64 Å². The second-order valence-electron chi connectivity index (χ2n) is 2.96. The molecule has 1 rings (SSSR count). The van der Waals surface area contributed by atoms with E-state index in [0.717, 1.165) is 5.75 Å². The van der Waals surface area contributed by atoms with E-state index in [0.29, 0.717) is 12.3 Å². The van der Waals surface area contributed by atoms with Crippen LogP contribution in [0.15, 0.2) is 24.3 Å². The number of nitrogens with one attached hydrogen (secondary N) is 1. The van der Waals surface area contributed by atoms with Gasteiger partial charge in [-0.2, -0.15) is 0 Å². The predicted octanol–water partition coefficient (Wildman–Crippen LogP) is 2.55. The van der Waals surface area contributed by atoms with Gasteiger partial charge in [-0.05, 0) is 36.1 Å². The standard InChI is InChI=1S/C10H16NO3PS/c1-4-11-15(16,13-3)14-10-7-5-9(12-2)6-8-10/h5-8H,4H2,1-3H3,(H,11,16). The average molecular weight is 261 g/mol. The highest BCUT2D eigenvalue weighted by atomic mass is 32.5. The summed E-state index contributed by atoms with van der Waals surface area (Å²) in [6.07, 6.45) is 0. The number of ether oxygens (including phenoxy) is 1. The van der Waals surface area contributed by atoms with Crippen molar-refractivity contribution in [1.29, 1.82) is 0 Å². The third kappa shape index (κ3) is 3.76. The van der Waals surface area contributed by atoms with Crippen molar-refractivity contribution >= 4 is 18.4 Å². The smallest absolute Gasteiger partial charge is 0.312 e. The number of benzene rings is 1. The molecule has 0 radical (unpaired) electrons. The van der Waals surface area contributed by atoms with Gasteiger partial charge in [0.2, 0.25) is 0 Å². The minimum absolute atomic E-state index is 0.673. The van der Waals surface area contributed by atoms with Crippen LogP contribution in [0.2, 0.25) is 0 Å². The highest BCUT2D eigenvalue weighted by molar-refractivity contribution is 8.09. The molecule has 0 aliphatic heterocycles. The first-order valence-electron chi connectivity index (χ1n) is 4.88. The maximum absolute atomic E-state index is 5.63. The Morgan fingerprint density at radius 1 is 1.19 bits per heavy atom. The molecule has 0 amide bonds. The Kier molecular flexibility index (Phi) is 5.22. The molecule has 0 aliphatic carbocycles. The van der Waals surface area contributed by atoms with Crippen LogP contribution in [0, 0.1) is 0 Å². The van der Waals surface area contributed by atoms with E-state index in [2.05, 4.69) is 5.09 Å². The van der Waals surface area contributed by atoms with Gasteiger partial charge in [-0.1, -0.05) is 6.92 Å². The predicted molar refractivity (Wildman–Crippen MR) is 68.6 cm³/mol. The Labute approximate surface area is 101 Å². The fourth-order valence-corrected chi connectivity index (χ4v) is 2.80. The molecule has 1 aromatic carbocycles. The molecule has 0 aliphatic rings. The molecule has 0 saturated heterocycles. The summed E-state index contributed by atoms with van der Waals surface area (Å²) in [6.45, 7) is 0.262.